The standard InChI is InChI=1S/C20H26FN3/c1-13(2)20-23-22-18(12-16-8-10-17(21)11-9-16)24(20)19-14(3)6-5-7-15(19)4/h6,8-10,13,17H,5,7,11-12H2,1-4H3. The van der Waals surface area contributed by atoms with Gasteiger partial charge in [-0.05, 0) is 43.4 Å². The van der Waals surface area contributed by atoms with Gasteiger partial charge in [-0.3, -0.25) is 4.57 Å². The third kappa shape index (κ3) is 3.28. The number of hydrogen-bond donors (Lipinski definition) is 0. The normalized spacial score (nSPS) is 21.3. The first-order valence-corrected chi connectivity index (χ1v) is 8.80. The first-order chi connectivity index (χ1) is 11.5. The molecule has 2 aliphatic rings. The van der Waals surface area contributed by atoms with Crippen LogP contribution < -0.4 is 0 Å². The molecular weight excluding hydrogens is 301 g/mol. The number of alkyl halides is 1. The van der Waals surface area contributed by atoms with Crippen molar-refractivity contribution in [3.8, 4) is 0 Å². The van der Waals surface area contributed by atoms with Gasteiger partial charge in [-0.15, -0.1) is 10.2 Å². The van der Waals surface area contributed by atoms with Crippen LogP contribution in [0.15, 0.2) is 41.0 Å². The van der Waals surface area contributed by atoms with E-state index in [0.29, 0.717) is 18.8 Å². The zero-order chi connectivity index (χ0) is 17.3. The predicted molar refractivity (Wildman–Crippen MR) is 96.4 cm³/mol. The zero-order valence-electron chi connectivity index (χ0n) is 15.0. The Balaban J connectivity index is 2.03. The lowest BCUT2D eigenvalue weighted by atomic mass is 9.96. The minimum absolute atomic E-state index is 0.298. The fraction of sp³-hybridized carbons (Fsp3) is 0.500. The van der Waals surface area contributed by atoms with Gasteiger partial charge in [0.25, 0.3) is 0 Å². The Hall–Kier alpha value is -1.97. The topological polar surface area (TPSA) is 30.7 Å². The summed E-state index contributed by atoms with van der Waals surface area (Å²) in [5.41, 5.74) is 5.03. The van der Waals surface area contributed by atoms with E-state index < -0.39 is 6.17 Å². The fourth-order valence-corrected chi connectivity index (χ4v) is 3.44. The third-order valence-electron chi connectivity index (χ3n) is 4.73. The highest BCUT2D eigenvalue weighted by Gasteiger charge is 2.22. The van der Waals surface area contributed by atoms with E-state index in [2.05, 4.69) is 48.5 Å². The lowest BCUT2D eigenvalue weighted by Gasteiger charge is -2.23. The molecule has 1 aromatic rings. The van der Waals surface area contributed by atoms with Crippen molar-refractivity contribution in [1.82, 2.24) is 14.8 Å². The van der Waals surface area contributed by atoms with Crippen LogP contribution in [-0.2, 0) is 6.42 Å². The monoisotopic (exact) mass is 327 g/mol. The molecule has 1 atom stereocenters. The summed E-state index contributed by atoms with van der Waals surface area (Å²) < 4.78 is 15.5. The van der Waals surface area contributed by atoms with Crippen molar-refractivity contribution >= 4 is 5.70 Å². The van der Waals surface area contributed by atoms with Crippen LogP contribution >= 0.6 is 0 Å². The van der Waals surface area contributed by atoms with Gasteiger partial charge in [0.15, 0.2) is 0 Å². The molecule has 0 N–H and O–H groups in total. The summed E-state index contributed by atoms with van der Waals surface area (Å²) in [7, 11) is 0. The lowest BCUT2D eigenvalue weighted by molar-refractivity contribution is 0.400. The van der Waals surface area contributed by atoms with E-state index >= 15 is 0 Å². The summed E-state index contributed by atoms with van der Waals surface area (Å²) in [6.07, 6.45) is 10.3. The molecule has 4 heteroatoms. The Morgan fingerprint density at radius 3 is 2.67 bits per heavy atom. The Morgan fingerprint density at radius 1 is 1.25 bits per heavy atom. The van der Waals surface area contributed by atoms with Gasteiger partial charge in [-0.25, -0.2) is 4.39 Å². The molecule has 0 saturated carbocycles. The molecule has 0 spiro atoms. The SMILES string of the molecule is CC1=CCCC(C)=C1n1c(CC2=CCC(F)C=C2)nnc1C(C)C. The molecule has 3 nitrogen and oxygen atoms in total. The van der Waals surface area contributed by atoms with Crippen molar-refractivity contribution in [2.75, 3.05) is 0 Å². The molecule has 0 amide bonds. The molecule has 1 aromatic heterocycles. The maximum Gasteiger partial charge on any atom is 0.142 e. The molecule has 2 aliphatic carbocycles. The summed E-state index contributed by atoms with van der Waals surface area (Å²) in [4.78, 5) is 0. The van der Waals surface area contributed by atoms with Gasteiger partial charge < -0.3 is 0 Å². The molecule has 128 valence electrons. The molecule has 0 radical (unpaired) electrons. The van der Waals surface area contributed by atoms with Crippen LogP contribution in [0.3, 0.4) is 0 Å². The summed E-state index contributed by atoms with van der Waals surface area (Å²) in [6.45, 7) is 8.66. The largest absolute Gasteiger partial charge is 0.282 e. The van der Waals surface area contributed by atoms with Gasteiger partial charge in [-0.2, -0.15) is 0 Å². The molecule has 24 heavy (non-hydrogen) atoms. The van der Waals surface area contributed by atoms with E-state index in [4.69, 9.17) is 0 Å². The van der Waals surface area contributed by atoms with E-state index in [0.717, 1.165) is 30.1 Å². The summed E-state index contributed by atoms with van der Waals surface area (Å²) in [6, 6.07) is 0. The Bertz CT molecular complexity index is 747. The quantitative estimate of drug-likeness (QED) is 0.766. The van der Waals surface area contributed by atoms with E-state index in [1.807, 2.05) is 12.2 Å². The first kappa shape index (κ1) is 16.9. The summed E-state index contributed by atoms with van der Waals surface area (Å²) in [5, 5.41) is 8.94. The minimum Gasteiger partial charge on any atom is -0.282 e. The van der Waals surface area contributed by atoms with Crippen molar-refractivity contribution in [1.29, 1.82) is 0 Å². The van der Waals surface area contributed by atoms with Gasteiger partial charge in [0.1, 0.15) is 17.8 Å². The van der Waals surface area contributed by atoms with Gasteiger partial charge in [0.05, 0.1) is 5.70 Å². The van der Waals surface area contributed by atoms with Gasteiger partial charge in [0.2, 0.25) is 0 Å². The zero-order valence-corrected chi connectivity index (χ0v) is 15.0. The Morgan fingerprint density at radius 2 is 2.04 bits per heavy atom. The van der Waals surface area contributed by atoms with Crippen LogP contribution in [0.4, 0.5) is 4.39 Å². The first-order valence-electron chi connectivity index (χ1n) is 8.80. The van der Waals surface area contributed by atoms with Gasteiger partial charge >= 0.3 is 0 Å². The Kier molecular flexibility index (Phi) is 4.83. The second-order valence-corrected chi connectivity index (χ2v) is 7.09. The highest BCUT2D eigenvalue weighted by molar-refractivity contribution is 5.69. The Labute approximate surface area is 143 Å². The van der Waals surface area contributed by atoms with Crippen LogP contribution in [0, 0.1) is 0 Å². The van der Waals surface area contributed by atoms with Crippen molar-refractivity contribution < 1.29 is 4.39 Å². The molecule has 1 heterocycles. The minimum atomic E-state index is -0.855. The van der Waals surface area contributed by atoms with Gasteiger partial charge in [-0.1, -0.05) is 38.2 Å². The van der Waals surface area contributed by atoms with Crippen molar-refractivity contribution in [2.45, 2.75) is 65.5 Å². The maximum absolute atomic E-state index is 13.3. The summed E-state index contributed by atoms with van der Waals surface area (Å²) in [5.74, 6) is 2.24. The number of rotatable bonds is 4. The van der Waals surface area contributed by atoms with Crippen LogP contribution in [-0.4, -0.2) is 20.9 Å². The van der Waals surface area contributed by atoms with Crippen LogP contribution in [0.25, 0.3) is 5.70 Å². The molecule has 0 bridgehead atoms. The molecule has 0 aliphatic heterocycles. The van der Waals surface area contributed by atoms with Crippen molar-refractivity contribution in [3.05, 3.63) is 52.7 Å². The highest BCUT2D eigenvalue weighted by Crippen LogP contribution is 2.32. The molecule has 0 aromatic carbocycles. The van der Waals surface area contributed by atoms with E-state index in [9.17, 15) is 4.39 Å². The number of aromatic nitrogens is 3. The van der Waals surface area contributed by atoms with E-state index in [1.54, 1.807) is 6.08 Å². The predicted octanol–water partition coefficient (Wildman–Crippen LogP) is 5.14. The average Bonchev–Trinajstić information content (AvgIpc) is 2.93. The average molecular weight is 327 g/mol. The molecule has 1 unspecified atom stereocenters. The van der Waals surface area contributed by atoms with Crippen LogP contribution in [0.2, 0.25) is 0 Å². The molecular formula is C20H26FN3. The van der Waals surface area contributed by atoms with Crippen molar-refractivity contribution in [3.63, 3.8) is 0 Å². The number of halogens is 1. The fourth-order valence-electron chi connectivity index (χ4n) is 3.44. The highest BCUT2D eigenvalue weighted by atomic mass is 19.1. The van der Waals surface area contributed by atoms with Crippen molar-refractivity contribution in [2.24, 2.45) is 0 Å². The molecule has 0 saturated heterocycles. The van der Waals surface area contributed by atoms with Crippen LogP contribution in [0.5, 0.6) is 0 Å². The van der Waals surface area contributed by atoms with Gasteiger partial charge in [0, 0.05) is 18.8 Å². The second kappa shape index (κ2) is 6.88. The maximum atomic E-state index is 13.3. The molecule has 3 rings (SSSR count). The van der Waals surface area contributed by atoms with E-state index in [-0.39, 0.29) is 0 Å². The summed E-state index contributed by atoms with van der Waals surface area (Å²) >= 11 is 0. The number of nitrogens with zero attached hydrogens (tertiary/aromatic N) is 3. The number of hydrogen-bond acceptors (Lipinski definition) is 2. The number of allylic oxidation sites excluding steroid dienone is 8. The van der Waals surface area contributed by atoms with E-state index in [1.165, 1.54) is 16.8 Å². The second-order valence-electron chi connectivity index (χ2n) is 7.09. The van der Waals surface area contributed by atoms with Crippen LogP contribution in [0.1, 0.15) is 64.5 Å². The third-order valence-corrected chi connectivity index (χ3v) is 4.73. The smallest absolute Gasteiger partial charge is 0.142 e. The molecule has 0 fully saturated rings. The lowest BCUT2D eigenvalue weighted by Crippen LogP contribution is -2.13.